The normalized spacial score (nSPS) is 15.6. The number of sulfonamides is 1. The third-order valence-corrected chi connectivity index (χ3v) is 7.30. The van der Waals surface area contributed by atoms with E-state index in [0.717, 1.165) is 0 Å². The number of nitrogens with one attached hydrogen (secondary N) is 1. The average Bonchev–Trinajstić information content (AvgIpc) is 3.09. The molecule has 2 heterocycles. The van der Waals surface area contributed by atoms with Crippen LogP contribution in [0.2, 0.25) is 0 Å². The number of benzene rings is 2. The monoisotopic (exact) mass is 440 g/mol. The van der Waals surface area contributed by atoms with Gasteiger partial charge in [-0.1, -0.05) is 30.3 Å². The molecule has 1 aliphatic heterocycles. The number of hydrogen-bond donors (Lipinski definition) is 1. The van der Waals surface area contributed by atoms with E-state index in [4.69, 9.17) is 0 Å². The van der Waals surface area contributed by atoms with Gasteiger partial charge in [0, 0.05) is 7.05 Å². The fraction of sp³-hybridized carbons (Fsp3) is 0.190. The molecule has 2 amide bonds. The number of carbonyl (C=O) groups is 2. The lowest BCUT2D eigenvalue weighted by molar-refractivity contribution is -0.118. The van der Waals surface area contributed by atoms with E-state index in [1.54, 1.807) is 49.0 Å². The van der Waals surface area contributed by atoms with Crippen LogP contribution in [-0.2, 0) is 21.9 Å². The molecule has 0 radical (unpaired) electrons. The Morgan fingerprint density at radius 2 is 1.61 bits per heavy atom. The van der Waals surface area contributed by atoms with Gasteiger partial charge in [-0.05, 0) is 38.1 Å². The zero-order chi connectivity index (χ0) is 22.5. The summed E-state index contributed by atoms with van der Waals surface area (Å²) in [6.07, 6.45) is 0. The molecule has 9 nitrogen and oxygen atoms in total. The molecule has 4 rings (SSSR count). The summed E-state index contributed by atoms with van der Waals surface area (Å²) in [6, 6.07) is 13.3. The Labute approximate surface area is 178 Å². The first-order valence-corrected chi connectivity index (χ1v) is 10.9. The summed E-state index contributed by atoms with van der Waals surface area (Å²) >= 11 is 0. The van der Waals surface area contributed by atoms with Crippen molar-refractivity contribution in [2.24, 2.45) is 7.05 Å². The molecule has 1 N–H and O–H groups in total. The summed E-state index contributed by atoms with van der Waals surface area (Å²) in [5.41, 5.74) is 0.660. The number of fused-ring (bicyclic) bond motifs is 1. The number of rotatable bonds is 4. The van der Waals surface area contributed by atoms with Crippen LogP contribution in [0.25, 0.3) is 5.69 Å². The molecule has 10 heteroatoms. The average molecular weight is 440 g/mol. The van der Waals surface area contributed by atoms with E-state index < -0.39 is 33.4 Å². The molecule has 1 aromatic heterocycles. The first-order chi connectivity index (χ1) is 14.7. The van der Waals surface area contributed by atoms with Gasteiger partial charge in [0.1, 0.15) is 16.6 Å². The zero-order valence-electron chi connectivity index (χ0n) is 17.1. The molecular formula is C21H20N4O5S. The minimum atomic E-state index is -4.16. The molecule has 1 atom stereocenters. The molecule has 0 saturated carbocycles. The van der Waals surface area contributed by atoms with Crippen LogP contribution in [0, 0.1) is 6.92 Å². The molecule has 2 aromatic carbocycles. The van der Waals surface area contributed by atoms with Crippen LogP contribution >= 0.6 is 0 Å². The molecule has 160 valence electrons. The van der Waals surface area contributed by atoms with Gasteiger partial charge in [-0.25, -0.2) is 17.4 Å². The highest BCUT2D eigenvalue weighted by Gasteiger charge is 2.45. The van der Waals surface area contributed by atoms with Crippen molar-refractivity contribution in [1.29, 1.82) is 0 Å². The maximum absolute atomic E-state index is 13.0. The van der Waals surface area contributed by atoms with Crippen molar-refractivity contribution in [3.8, 4) is 5.69 Å². The quantitative estimate of drug-likeness (QED) is 0.663. The van der Waals surface area contributed by atoms with Crippen LogP contribution in [0.5, 0.6) is 0 Å². The van der Waals surface area contributed by atoms with E-state index in [1.165, 1.54) is 29.8 Å². The van der Waals surface area contributed by atoms with E-state index >= 15 is 0 Å². The van der Waals surface area contributed by atoms with Gasteiger partial charge in [-0.15, -0.1) is 0 Å². The molecule has 31 heavy (non-hydrogen) atoms. The third-order valence-electron chi connectivity index (χ3n) is 5.39. The lowest BCUT2D eigenvalue weighted by Gasteiger charge is -2.22. The van der Waals surface area contributed by atoms with Crippen LogP contribution in [0.1, 0.15) is 23.0 Å². The number of anilines is 1. The summed E-state index contributed by atoms with van der Waals surface area (Å²) in [5, 5.41) is 2.52. The van der Waals surface area contributed by atoms with Gasteiger partial charge < -0.3 is 5.32 Å². The number of carbonyl (C=O) groups excluding carboxylic acids is 2. The fourth-order valence-corrected chi connectivity index (χ4v) is 5.36. The van der Waals surface area contributed by atoms with Crippen LogP contribution < -0.4 is 10.9 Å². The number of nitrogens with zero attached hydrogens (tertiary/aromatic N) is 3. The van der Waals surface area contributed by atoms with Crippen LogP contribution in [-0.4, -0.2) is 39.9 Å². The summed E-state index contributed by atoms with van der Waals surface area (Å²) in [5.74, 6) is -1.56. The molecule has 0 bridgehead atoms. The second-order valence-corrected chi connectivity index (χ2v) is 8.99. The van der Waals surface area contributed by atoms with Crippen molar-refractivity contribution in [2.45, 2.75) is 24.8 Å². The molecule has 3 aromatic rings. The van der Waals surface area contributed by atoms with Gasteiger partial charge in [-0.3, -0.25) is 19.1 Å². The number of hydrogen-bond acceptors (Lipinski definition) is 5. The second-order valence-electron chi connectivity index (χ2n) is 7.20. The first-order valence-electron chi connectivity index (χ1n) is 9.49. The Morgan fingerprint density at radius 1 is 1.00 bits per heavy atom. The molecule has 0 spiro atoms. The van der Waals surface area contributed by atoms with Gasteiger partial charge in [0.05, 0.1) is 16.9 Å². The number of amides is 2. The van der Waals surface area contributed by atoms with E-state index in [2.05, 4.69) is 5.32 Å². The Balaban J connectivity index is 1.67. The number of aromatic nitrogens is 2. The van der Waals surface area contributed by atoms with Crippen molar-refractivity contribution in [1.82, 2.24) is 13.7 Å². The van der Waals surface area contributed by atoms with Gasteiger partial charge in [0.2, 0.25) is 5.91 Å². The second kappa shape index (κ2) is 7.24. The van der Waals surface area contributed by atoms with E-state index in [1.807, 2.05) is 6.07 Å². The van der Waals surface area contributed by atoms with Crippen LogP contribution in [0.4, 0.5) is 5.69 Å². The lowest BCUT2D eigenvalue weighted by atomic mass is 10.2. The Kier molecular flexibility index (Phi) is 4.81. The molecule has 1 aliphatic rings. The summed E-state index contributed by atoms with van der Waals surface area (Å²) < 4.78 is 29.2. The molecular weight excluding hydrogens is 420 g/mol. The SMILES string of the molecule is Cc1c(NC(=O)C(C)N2C(=O)c3ccccc3S2(=O)=O)c(=O)n(-c2ccccc2)n1C. The van der Waals surface area contributed by atoms with Crippen molar-refractivity contribution in [3.63, 3.8) is 0 Å². The predicted molar refractivity (Wildman–Crippen MR) is 114 cm³/mol. The van der Waals surface area contributed by atoms with E-state index in [-0.39, 0.29) is 16.1 Å². The van der Waals surface area contributed by atoms with Crippen molar-refractivity contribution >= 4 is 27.5 Å². The Bertz CT molecular complexity index is 1370. The molecule has 1 unspecified atom stereocenters. The van der Waals surface area contributed by atoms with Gasteiger partial charge in [-0.2, -0.15) is 0 Å². The summed E-state index contributed by atoms with van der Waals surface area (Å²) in [7, 11) is -2.49. The fourth-order valence-electron chi connectivity index (χ4n) is 3.63. The first kappa shape index (κ1) is 20.6. The van der Waals surface area contributed by atoms with Gasteiger partial charge in [0.25, 0.3) is 21.5 Å². The van der Waals surface area contributed by atoms with Gasteiger partial charge >= 0.3 is 0 Å². The van der Waals surface area contributed by atoms with Crippen LogP contribution in [0.15, 0.2) is 64.3 Å². The maximum Gasteiger partial charge on any atom is 0.295 e. The minimum Gasteiger partial charge on any atom is -0.318 e. The lowest BCUT2D eigenvalue weighted by Crippen LogP contribution is -2.45. The largest absolute Gasteiger partial charge is 0.318 e. The molecule has 0 fully saturated rings. The topological polar surface area (TPSA) is 110 Å². The van der Waals surface area contributed by atoms with E-state index in [0.29, 0.717) is 15.7 Å². The smallest absolute Gasteiger partial charge is 0.295 e. The van der Waals surface area contributed by atoms with Crippen molar-refractivity contribution in [3.05, 3.63) is 76.2 Å². The van der Waals surface area contributed by atoms with Crippen LogP contribution in [0.3, 0.4) is 0 Å². The standard InChI is InChI=1S/C21H20N4O5S/c1-13-18(21(28)24(23(13)3)15-9-5-4-6-10-15)22-19(26)14(2)25-20(27)16-11-7-8-12-17(16)31(25,29)30/h4-12,14H,1-3H3,(H,22,26). The summed E-state index contributed by atoms with van der Waals surface area (Å²) in [4.78, 5) is 38.5. The minimum absolute atomic E-state index is 0.0180. The van der Waals surface area contributed by atoms with Crippen molar-refractivity contribution < 1.29 is 18.0 Å². The highest BCUT2D eigenvalue weighted by molar-refractivity contribution is 7.90. The van der Waals surface area contributed by atoms with Crippen molar-refractivity contribution in [2.75, 3.05) is 5.32 Å². The van der Waals surface area contributed by atoms with Gasteiger partial charge in [0.15, 0.2) is 0 Å². The Morgan fingerprint density at radius 3 is 2.26 bits per heavy atom. The predicted octanol–water partition coefficient (Wildman–Crippen LogP) is 1.66. The summed E-state index contributed by atoms with van der Waals surface area (Å²) in [6.45, 7) is 2.97. The molecule has 0 aliphatic carbocycles. The molecule has 0 saturated heterocycles. The highest BCUT2D eigenvalue weighted by Crippen LogP contribution is 2.32. The Hall–Kier alpha value is -3.66. The zero-order valence-corrected chi connectivity index (χ0v) is 17.9. The highest BCUT2D eigenvalue weighted by atomic mass is 32.2. The van der Waals surface area contributed by atoms with E-state index in [9.17, 15) is 22.8 Å². The maximum atomic E-state index is 13.0. The number of para-hydroxylation sites is 1. The third kappa shape index (κ3) is 3.07.